The molecule has 0 aliphatic carbocycles. The second-order valence-electron chi connectivity index (χ2n) is 8.80. The minimum atomic E-state index is -0.180. The number of carbonyl (C=O) groups is 2. The van der Waals surface area contributed by atoms with Gasteiger partial charge in [-0.2, -0.15) is 0 Å². The van der Waals surface area contributed by atoms with Crippen LogP contribution in [0.2, 0.25) is 0 Å². The lowest BCUT2D eigenvalue weighted by molar-refractivity contribution is 0.0611. The Balaban J connectivity index is 1.53. The molecule has 0 saturated carbocycles. The number of benzene rings is 2. The largest absolute Gasteiger partial charge is 0.385 e. The zero-order chi connectivity index (χ0) is 22.8. The quantitative estimate of drug-likeness (QED) is 0.156. The number of alkyl halides is 1. The molecule has 5 heteroatoms. The summed E-state index contributed by atoms with van der Waals surface area (Å²) in [4.78, 5) is 27.3. The highest BCUT2D eigenvalue weighted by Gasteiger charge is 2.32. The maximum Gasteiger partial charge on any atom is 0.261 e. The molecule has 0 unspecified atom stereocenters. The number of imide groups is 1. The molecule has 3 rings (SSSR count). The summed E-state index contributed by atoms with van der Waals surface area (Å²) >= 11 is 3.39. The number of carbonyl (C=O) groups excluding carboxylic acids is 2. The van der Waals surface area contributed by atoms with Crippen molar-refractivity contribution in [3.8, 4) is 0 Å². The van der Waals surface area contributed by atoms with E-state index in [0.717, 1.165) is 41.2 Å². The van der Waals surface area contributed by atoms with Crippen LogP contribution in [-0.2, 0) is 0 Å². The molecule has 0 aromatic heterocycles. The van der Waals surface area contributed by atoms with Crippen molar-refractivity contribution < 1.29 is 9.59 Å². The Morgan fingerprint density at radius 2 is 1.41 bits per heavy atom. The van der Waals surface area contributed by atoms with Crippen LogP contribution in [0.25, 0.3) is 10.8 Å². The maximum atomic E-state index is 13.0. The molecule has 1 aliphatic rings. The number of nitrogens with one attached hydrogen (secondary N) is 1. The van der Waals surface area contributed by atoms with E-state index in [1.807, 2.05) is 30.3 Å². The van der Waals surface area contributed by atoms with Gasteiger partial charge in [-0.25, -0.2) is 0 Å². The average molecular weight is 502 g/mol. The van der Waals surface area contributed by atoms with Crippen molar-refractivity contribution in [2.45, 2.75) is 77.6 Å². The number of hydrogen-bond donors (Lipinski definition) is 1. The Bertz CT molecular complexity index is 890. The van der Waals surface area contributed by atoms with Crippen molar-refractivity contribution >= 4 is 44.2 Å². The van der Waals surface area contributed by atoms with Crippen molar-refractivity contribution in [2.75, 3.05) is 23.7 Å². The van der Waals surface area contributed by atoms with Gasteiger partial charge in [-0.3, -0.25) is 14.5 Å². The van der Waals surface area contributed by atoms with Crippen LogP contribution in [0.15, 0.2) is 30.3 Å². The first-order valence-electron chi connectivity index (χ1n) is 12.4. The second kappa shape index (κ2) is 13.0. The molecule has 2 aromatic rings. The number of halogens is 1. The van der Waals surface area contributed by atoms with E-state index in [2.05, 4.69) is 28.2 Å². The Labute approximate surface area is 201 Å². The van der Waals surface area contributed by atoms with E-state index < -0.39 is 0 Å². The molecule has 1 N–H and O–H groups in total. The van der Waals surface area contributed by atoms with Crippen LogP contribution < -0.4 is 5.32 Å². The molecule has 0 fully saturated rings. The molecule has 0 radical (unpaired) electrons. The van der Waals surface area contributed by atoms with Crippen molar-refractivity contribution in [3.05, 3.63) is 41.5 Å². The van der Waals surface area contributed by atoms with Gasteiger partial charge in [-0.15, -0.1) is 0 Å². The molecular weight excluding hydrogens is 464 g/mol. The highest BCUT2D eigenvalue weighted by atomic mass is 79.9. The van der Waals surface area contributed by atoms with Crippen molar-refractivity contribution in [2.24, 2.45) is 0 Å². The number of rotatable bonds is 15. The van der Waals surface area contributed by atoms with E-state index >= 15 is 0 Å². The normalized spacial score (nSPS) is 13.2. The fourth-order valence-corrected chi connectivity index (χ4v) is 4.81. The van der Waals surface area contributed by atoms with Gasteiger partial charge in [0.1, 0.15) is 0 Å². The summed E-state index contributed by atoms with van der Waals surface area (Å²) in [6.07, 6.45) is 14.0. The maximum absolute atomic E-state index is 13.0. The SMILES string of the molecule is CCCCCCCCCCCCNc1ccc2c3c(cccc13)C(=O)N(CCCBr)C2=O. The van der Waals surface area contributed by atoms with E-state index in [1.165, 1.54) is 62.7 Å². The molecule has 32 heavy (non-hydrogen) atoms. The van der Waals surface area contributed by atoms with Gasteiger partial charge in [0.2, 0.25) is 0 Å². The van der Waals surface area contributed by atoms with Crippen LogP contribution in [0.5, 0.6) is 0 Å². The third-order valence-electron chi connectivity index (χ3n) is 6.35. The fraction of sp³-hybridized carbons (Fsp3) is 0.556. The zero-order valence-electron chi connectivity index (χ0n) is 19.4. The smallest absolute Gasteiger partial charge is 0.261 e. The predicted molar refractivity (Wildman–Crippen MR) is 138 cm³/mol. The minimum absolute atomic E-state index is 0.180. The zero-order valence-corrected chi connectivity index (χ0v) is 21.0. The molecule has 1 aliphatic heterocycles. The highest BCUT2D eigenvalue weighted by Crippen LogP contribution is 2.34. The molecule has 0 spiro atoms. The predicted octanol–water partition coefficient (Wildman–Crippen LogP) is 7.55. The van der Waals surface area contributed by atoms with Crippen LogP contribution in [0, 0.1) is 0 Å². The van der Waals surface area contributed by atoms with Crippen LogP contribution in [-0.4, -0.2) is 35.1 Å². The third kappa shape index (κ3) is 6.12. The first-order valence-corrected chi connectivity index (χ1v) is 13.5. The van der Waals surface area contributed by atoms with Gasteiger partial charge in [0.15, 0.2) is 0 Å². The molecule has 0 atom stereocenters. The van der Waals surface area contributed by atoms with Crippen LogP contribution in [0.4, 0.5) is 5.69 Å². The third-order valence-corrected chi connectivity index (χ3v) is 6.91. The molecule has 1 heterocycles. The topological polar surface area (TPSA) is 49.4 Å². The molecule has 2 amide bonds. The van der Waals surface area contributed by atoms with Crippen molar-refractivity contribution in [1.82, 2.24) is 4.90 Å². The number of amides is 2. The van der Waals surface area contributed by atoms with Gasteiger partial charge < -0.3 is 5.32 Å². The Morgan fingerprint density at radius 3 is 2.06 bits per heavy atom. The van der Waals surface area contributed by atoms with Gasteiger partial charge in [-0.1, -0.05) is 92.8 Å². The summed E-state index contributed by atoms with van der Waals surface area (Å²) in [5, 5.41) is 6.08. The summed E-state index contributed by atoms with van der Waals surface area (Å²) in [5.74, 6) is -0.359. The van der Waals surface area contributed by atoms with E-state index in [1.54, 1.807) is 0 Å². The lowest BCUT2D eigenvalue weighted by atomic mass is 9.93. The summed E-state index contributed by atoms with van der Waals surface area (Å²) in [6, 6.07) is 9.64. The standard InChI is InChI=1S/C27H37BrN2O2/c1-2-3-4-5-6-7-8-9-10-11-19-29-24-17-16-23-25-21(24)14-12-15-22(25)26(31)30(27(23)32)20-13-18-28/h12,14-17,29H,2-11,13,18-20H2,1H3. The molecular formula is C27H37BrN2O2. The van der Waals surface area contributed by atoms with Gasteiger partial charge in [0, 0.05) is 46.0 Å². The number of unbranched alkanes of at least 4 members (excludes halogenated alkanes) is 9. The van der Waals surface area contributed by atoms with Crippen LogP contribution in [0.1, 0.15) is 98.3 Å². The molecule has 174 valence electrons. The highest BCUT2D eigenvalue weighted by molar-refractivity contribution is 9.09. The van der Waals surface area contributed by atoms with E-state index in [9.17, 15) is 9.59 Å². The summed E-state index contributed by atoms with van der Waals surface area (Å²) in [5.41, 5.74) is 2.28. The minimum Gasteiger partial charge on any atom is -0.385 e. The Kier molecular flexibility index (Phi) is 10.0. The molecule has 0 bridgehead atoms. The number of nitrogens with zero attached hydrogens (tertiary/aromatic N) is 1. The average Bonchev–Trinajstić information content (AvgIpc) is 2.81. The van der Waals surface area contributed by atoms with Crippen LogP contribution >= 0.6 is 15.9 Å². The van der Waals surface area contributed by atoms with Gasteiger partial charge >= 0.3 is 0 Å². The Hall–Kier alpha value is -1.88. The monoisotopic (exact) mass is 500 g/mol. The summed E-state index contributed by atoms with van der Waals surface area (Å²) < 4.78 is 0. The first kappa shape index (κ1) is 24.8. The fourth-order valence-electron chi connectivity index (χ4n) is 4.56. The van der Waals surface area contributed by atoms with Crippen molar-refractivity contribution in [1.29, 1.82) is 0 Å². The lowest BCUT2D eigenvalue weighted by Gasteiger charge is -2.27. The van der Waals surface area contributed by atoms with Crippen molar-refractivity contribution in [3.63, 3.8) is 0 Å². The van der Waals surface area contributed by atoms with E-state index in [-0.39, 0.29) is 11.8 Å². The molecule has 4 nitrogen and oxygen atoms in total. The van der Waals surface area contributed by atoms with Crippen LogP contribution in [0.3, 0.4) is 0 Å². The second-order valence-corrected chi connectivity index (χ2v) is 9.60. The number of hydrogen-bond acceptors (Lipinski definition) is 3. The number of anilines is 1. The van der Waals surface area contributed by atoms with Gasteiger partial charge in [0.25, 0.3) is 11.8 Å². The van der Waals surface area contributed by atoms with Gasteiger partial charge in [0.05, 0.1) is 0 Å². The summed E-state index contributed by atoms with van der Waals surface area (Å²) in [7, 11) is 0. The lowest BCUT2D eigenvalue weighted by Crippen LogP contribution is -2.41. The van der Waals surface area contributed by atoms with E-state index in [0.29, 0.717) is 17.7 Å². The van der Waals surface area contributed by atoms with Gasteiger partial charge in [-0.05, 0) is 31.0 Å². The van der Waals surface area contributed by atoms with E-state index in [4.69, 9.17) is 0 Å². The summed E-state index contributed by atoms with van der Waals surface area (Å²) in [6.45, 7) is 3.62. The first-order chi connectivity index (χ1) is 15.7. The molecule has 2 aromatic carbocycles. The molecule has 0 saturated heterocycles. The Morgan fingerprint density at radius 1 is 0.781 bits per heavy atom.